The third-order valence-corrected chi connectivity index (χ3v) is 3.75. The van der Waals surface area contributed by atoms with Crippen LogP contribution in [0.1, 0.15) is 31.1 Å². The van der Waals surface area contributed by atoms with Crippen molar-refractivity contribution in [2.75, 3.05) is 0 Å². The van der Waals surface area contributed by atoms with Gasteiger partial charge in [-0.3, -0.25) is 0 Å². The minimum Gasteiger partial charge on any atom is -0.468 e. The van der Waals surface area contributed by atoms with Crippen molar-refractivity contribution < 1.29 is 8.83 Å². The molecule has 0 amide bonds. The average Bonchev–Trinajstić information content (AvgIpc) is 2.93. The summed E-state index contributed by atoms with van der Waals surface area (Å²) in [4.78, 5) is 1.17. The Morgan fingerprint density at radius 2 is 2.00 bits per heavy atom. The molecule has 0 saturated carbocycles. The quantitative estimate of drug-likeness (QED) is 0.802. The van der Waals surface area contributed by atoms with Crippen LogP contribution in [0.3, 0.4) is 0 Å². The molecule has 0 bridgehead atoms. The first kappa shape index (κ1) is 13.3. The fourth-order valence-corrected chi connectivity index (χ4v) is 2.43. The molecule has 0 radical (unpaired) electrons. The van der Waals surface area contributed by atoms with Gasteiger partial charge in [-0.05, 0) is 25.1 Å². The molecule has 2 heterocycles. The molecule has 2 aromatic rings. The number of aryl methyl sites for hydroxylation is 1. The van der Waals surface area contributed by atoms with Crippen molar-refractivity contribution >= 4 is 11.8 Å². The van der Waals surface area contributed by atoms with Gasteiger partial charge in [0.1, 0.15) is 17.3 Å². The van der Waals surface area contributed by atoms with Gasteiger partial charge in [0.05, 0.1) is 18.6 Å². The fourth-order valence-electron chi connectivity index (χ4n) is 1.57. The van der Waals surface area contributed by atoms with Crippen LogP contribution in [0.5, 0.6) is 0 Å². The molecule has 0 aliphatic carbocycles. The predicted octanol–water partition coefficient (Wildman–Crippen LogP) is 3.97. The monoisotopic (exact) mass is 265 g/mol. The molecule has 98 valence electrons. The van der Waals surface area contributed by atoms with Crippen molar-refractivity contribution in [2.45, 2.75) is 44.0 Å². The largest absolute Gasteiger partial charge is 0.468 e. The SMILES string of the molecule is Cc1occc1SCc1ccc(CNC(C)C)o1. The Morgan fingerprint density at radius 3 is 2.67 bits per heavy atom. The summed E-state index contributed by atoms with van der Waals surface area (Å²) in [5, 5.41) is 3.34. The molecule has 1 N–H and O–H groups in total. The Bertz CT molecular complexity index is 487. The van der Waals surface area contributed by atoms with E-state index in [1.165, 1.54) is 4.90 Å². The summed E-state index contributed by atoms with van der Waals surface area (Å²) in [5.74, 6) is 3.79. The molecule has 0 fully saturated rings. The summed E-state index contributed by atoms with van der Waals surface area (Å²) < 4.78 is 11.0. The summed E-state index contributed by atoms with van der Waals surface area (Å²) in [7, 11) is 0. The van der Waals surface area contributed by atoms with Gasteiger partial charge in [-0.25, -0.2) is 0 Å². The third kappa shape index (κ3) is 3.68. The lowest BCUT2D eigenvalue weighted by Crippen LogP contribution is -2.21. The lowest BCUT2D eigenvalue weighted by atomic mass is 10.3. The summed E-state index contributed by atoms with van der Waals surface area (Å²) in [6.45, 7) is 7.01. The number of hydrogen-bond acceptors (Lipinski definition) is 4. The first-order valence-corrected chi connectivity index (χ1v) is 7.11. The van der Waals surface area contributed by atoms with Crippen LogP contribution in [0.2, 0.25) is 0 Å². The van der Waals surface area contributed by atoms with Crippen molar-refractivity contribution in [3.63, 3.8) is 0 Å². The lowest BCUT2D eigenvalue weighted by Gasteiger charge is -2.05. The summed E-state index contributed by atoms with van der Waals surface area (Å²) >= 11 is 1.74. The minimum absolute atomic E-state index is 0.474. The van der Waals surface area contributed by atoms with Crippen LogP contribution < -0.4 is 5.32 Å². The third-order valence-electron chi connectivity index (χ3n) is 2.58. The van der Waals surface area contributed by atoms with Gasteiger partial charge in [-0.2, -0.15) is 0 Å². The van der Waals surface area contributed by atoms with Gasteiger partial charge < -0.3 is 14.2 Å². The van der Waals surface area contributed by atoms with Crippen molar-refractivity contribution in [1.29, 1.82) is 0 Å². The van der Waals surface area contributed by atoms with Gasteiger partial charge in [0.2, 0.25) is 0 Å². The van der Waals surface area contributed by atoms with E-state index in [0.717, 1.165) is 29.6 Å². The molecule has 2 aromatic heterocycles. The highest BCUT2D eigenvalue weighted by molar-refractivity contribution is 7.98. The van der Waals surface area contributed by atoms with Crippen molar-refractivity contribution in [1.82, 2.24) is 5.32 Å². The summed E-state index contributed by atoms with van der Waals surface area (Å²) in [6.07, 6.45) is 1.72. The first-order chi connectivity index (χ1) is 8.65. The first-order valence-electron chi connectivity index (χ1n) is 6.13. The molecule has 4 heteroatoms. The van der Waals surface area contributed by atoms with E-state index in [0.29, 0.717) is 6.04 Å². The van der Waals surface area contributed by atoms with Crippen molar-refractivity contribution in [2.24, 2.45) is 0 Å². The van der Waals surface area contributed by atoms with Gasteiger partial charge in [0.25, 0.3) is 0 Å². The highest BCUT2D eigenvalue weighted by atomic mass is 32.2. The maximum atomic E-state index is 5.76. The van der Waals surface area contributed by atoms with Crippen LogP contribution in [0.15, 0.2) is 38.2 Å². The molecule has 18 heavy (non-hydrogen) atoms. The number of furan rings is 2. The second-order valence-corrected chi connectivity index (χ2v) is 5.55. The Balaban J connectivity index is 1.85. The number of hydrogen-bond donors (Lipinski definition) is 1. The van der Waals surface area contributed by atoms with Gasteiger partial charge in [-0.1, -0.05) is 13.8 Å². The van der Waals surface area contributed by atoms with E-state index in [4.69, 9.17) is 8.83 Å². The highest BCUT2D eigenvalue weighted by Gasteiger charge is 2.06. The smallest absolute Gasteiger partial charge is 0.118 e. The number of nitrogens with one attached hydrogen (secondary N) is 1. The molecule has 2 rings (SSSR count). The molecular weight excluding hydrogens is 246 g/mol. The van der Waals surface area contributed by atoms with Gasteiger partial charge in [-0.15, -0.1) is 11.8 Å². The molecule has 0 aromatic carbocycles. The van der Waals surface area contributed by atoms with E-state index in [1.54, 1.807) is 18.0 Å². The predicted molar refractivity (Wildman–Crippen MR) is 73.7 cm³/mol. The highest BCUT2D eigenvalue weighted by Crippen LogP contribution is 2.27. The maximum absolute atomic E-state index is 5.76. The minimum atomic E-state index is 0.474. The topological polar surface area (TPSA) is 38.3 Å². The zero-order chi connectivity index (χ0) is 13.0. The van der Waals surface area contributed by atoms with E-state index in [-0.39, 0.29) is 0 Å². The van der Waals surface area contributed by atoms with Crippen molar-refractivity contribution in [3.05, 3.63) is 41.7 Å². The second kappa shape index (κ2) is 6.16. The number of rotatable bonds is 6. The van der Waals surface area contributed by atoms with E-state index in [1.807, 2.05) is 25.1 Å². The van der Waals surface area contributed by atoms with Gasteiger partial charge in [0, 0.05) is 10.9 Å². The van der Waals surface area contributed by atoms with E-state index in [9.17, 15) is 0 Å². The molecular formula is C14H19NO2S. The van der Waals surface area contributed by atoms with Gasteiger partial charge in [0.15, 0.2) is 0 Å². The van der Waals surface area contributed by atoms with Crippen LogP contribution in [0.25, 0.3) is 0 Å². The van der Waals surface area contributed by atoms with Crippen molar-refractivity contribution in [3.8, 4) is 0 Å². The lowest BCUT2D eigenvalue weighted by molar-refractivity contribution is 0.445. The Kier molecular flexibility index (Phi) is 4.55. The zero-order valence-corrected chi connectivity index (χ0v) is 11.8. The molecule has 3 nitrogen and oxygen atoms in total. The summed E-state index contributed by atoms with van der Waals surface area (Å²) in [6, 6.07) is 6.54. The van der Waals surface area contributed by atoms with E-state index in [2.05, 4.69) is 19.2 Å². The van der Waals surface area contributed by atoms with Crippen LogP contribution in [0, 0.1) is 6.92 Å². The maximum Gasteiger partial charge on any atom is 0.118 e. The zero-order valence-electron chi connectivity index (χ0n) is 11.0. The van der Waals surface area contributed by atoms with E-state index < -0.39 is 0 Å². The molecule has 0 aliphatic rings. The van der Waals surface area contributed by atoms with E-state index >= 15 is 0 Å². The molecule has 0 aliphatic heterocycles. The molecule has 0 saturated heterocycles. The standard InChI is InChI=1S/C14H19NO2S/c1-10(2)15-8-12-4-5-13(17-12)9-18-14-6-7-16-11(14)3/h4-7,10,15H,8-9H2,1-3H3. The Labute approximate surface area is 112 Å². The van der Waals surface area contributed by atoms with Crippen LogP contribution in [-0.2, 0) is 12.3 Å². The second-order valence-electron chi connectivity index (χ2n) is 4.53. The molecule has 0 spiro atoms. The fraction of sp³-hybridized carbons (Fsp3) is 0.429. The normalized spacial score (nSPS) is 11.3. The average molecular weight is 265 g/mol. The number of thioether (sulfide) groups is 1. The van der Waals surface area contributed by atoms with Gasteiger partial charge >= 0.3 is 0 Å². The summed E-state index contributed by atoms with van der Waals surface area (Å²) in [5.41, 5.74) is 0. The van der Waals surface area contributed by atoms with Crippen LogP contribution in [-0.4, -0.2) is 6.04 Å². The molecule has 0 atom stereocenters. The van der Waals surface area contributed by atoms with Crippen LogP contribution >= 0.6 is 11.8 Å². The Morgan fingerprint density at radius 1 is 1.22 bits per heavy atom. The Hall–Kier alpha value is -1.13. The molecule has 0 unspecified atom stereocenters. The van der Waals surface area contributed by atoms with Crippen LogP contribution in [0.4, 0.5) is 0 Å².